The topological polar surface area (TPSA) is 114 Å². The summed E-state index contributed by atoms with van der Waals surface area (Å²) < 4.78 is 32.2. The lowest BCUT2D eigenvalue weighted by atomic mass is 9.96. The fourth-order valence-electron chi connectivity index (χ4n) is 4.56. The Hall–Kier alpha value is -4.86. The first-order valence-electron chi connectivity index (χ1n) is 12.6. The van der Waals surface area contributed by atoms with E-state index in [0.717, 1.165) is 32.7 Å². The number of nitrogens with one attached hydrogen (secondary N) is 1. The monoisotopic (exact) mass is 543 g/mol. The predicted molar refractivity (Wildman–Crippen MR) is 147 cm³/mol. The van der Waals surface area contributed by atoms with E-state index in [-0.39, 0.29) is 18.0 Å². The van der Waals surface area contributed by atoms with Crippen LogP contribution in [0.2, 0.25) is 0 Å². The number of carbonyl (C=O) groups excluding carboxylic acids is 2. The molecule has 0 unspecified atom stereocenters. The Balaban J connectivity index is 1.23. The smallest absolute Gasteiger partial charge is 0.282 e. The zero-order chi connectivity index (χ0) is 28.4. The predicted octanol–water partition coefficient (Wildman–Crippen LogP) is 5.02. The number of amides is 2. The van der Waals surface area contributed by atoms with E-state index in [1.807, 2.05) is 38.1 Å². The number of aromatic nitrogens is 2. The minimum absolute atomic E-state index is 0.226. The number of halogens is 2. The second kappa shape index (κ2) is 10.7. The number of likely N-dealkylation sites (tertiary alicyclic amines) is 1. The van der Waals surface area contributed by atoms with Crippen molar-refractivity contribution in [3.8, 4) is 22.6 Å². The Bertz CT molecular complexity index is 1560. The van der Waals surface area contributed by atoms with Crippen LogP contribution in [0, 0.1) is 13.8 Å². The van der Waals surface area contributed by atoms with Crippen molar-refractivity contribution in [2.75, 3.05) is 18.8 Å². The third kappa shape index (κ3) is 5.90. The first-order valence-corrected chi connectivity index (χ1v) is 12.6. The number of pyridine rings is 2. The second-order valence-corrected chi connectivity index (χ2v) is 9.77. The van der Waals surface area contributed by atoms with Crippen molar-refractivity contribution >= 4 is 23.7 Å². The molecule has 0 saturated carbocycles. The molecule has 8 nitrogen and oxygen atoms in total. The zero-order valence-corrected chi connectivity index (χ0v) is 21.9. The van der Waals surface area contributed by atoms with Gasteiger partial charge in [0, 0.05) is 29.6 Å². The molecule has 0 radical (unpaired) electrons. The Morgan fingerprint density at radius 3 is 2.42 bits per heavy atom. The fourth-order valence-corrected chi connectivity index (χ4v) is 4.56. The third-order valence-corrected chi connectivity index (χ3v) is 6.55. The van der Waals surface area contributed by atoms with E-state index in [4.69, 9.17) is 10.2 Å². The average Bonchev–Trinajstić information content (AvgIpc) is 3.38. The normalized spacial score (nSPS) is 14.2. The molecule has 0 aliphatic carbocycles. The summed E-state index contributed by atoms with van der Waals surface area (Å²) in [5.41, 5.74) is 11.0. The number of furan rings is 1. The van der Waals surface area contributed by atoms with Crippen molar-refractivity contribution in [2.24, 2.45) is 0 Å². The Kier molecular flexibility index (Phi) is 7.17. The van der Waals surface area contributed by atoms with Crippen LogP contribution >= 0.6 is 0 Å². The number of anilines is 1. The fraction of sp³-hybridized carbons (Fsp3) is 0.200. The molecule has 0 bridgehead atoms. The highest BCUT2D eigenvalue weighted by Gasteiger charge is 2.46. The Morgan fingerprint density at radius 2 is 1.80 bits per heavy atom. The van der Waals surface area contributed by atoms with Crippen LogP contribution in [0.15, 0.2) is 71.4 Å². The molecule has 3 aromatic heterocycles. The van der Waals surface area contributed by atoms with Gasteiger partial charge in [-0.05, 0) is 85.1 Å². The van der Waals surface area contributed by atoms with Crippen LogP contribution in [0.4, 0.5) is 14.6 Å². The molecule has 1 aliphatic heterocycles. The van der Waals surface area contributed by atoms with Crippen LogP contribution in [0.1, 0.15) is 32.8 Å². The van der Waals surface area contributed by atoms with E-state index < -0.39 is 24.9 Å². The van der Waals surface area contributed by atoms with Crippen molar-refractivity contribution in [2.45, 2.75) is 26.3 Å². The van der Waals surface area contributed by atoms with Gasteiger partial charge in [0.15, 0.2) is 0 Å². The van der Waals surface area contributed by atoms with Gasteiger partial charge < -0.3 is 20.4 Å². The zero-order valence-electron chi connectivity index (χ0n) is 21.9. The quantitative estimate of drug-likeness (QED) is 0.316. The lowest BCUT2D eigenvalue weighted by molar-refractivity contribution is -0.116. The van der Waals surface area contributed by atoms with Crippen LogP contribution in [-0.2, 0) is 11.3 Å². The number of nitrogen functional groups attached to an aromatic ring is 1. The van der Waals surface area contributed by atoms with E-state index in [9.17, 15) is 18.4 Å². The van der Waals surface area contributed by atoms with E-state index in [0.29, 0.717) is 23.0 Å². The van der Waals surface area contributed by atoms with Crippen molar-refractivity contribution < 1.29 is 22.8 Å². The lowest BCUT2D eigenvalue weighted by Gasteiger charge is -2.38. The van der Waals surface area contributed by atoms with Crippen molar-refractivity contribution in [1.29, 1.82) is 0 Å². The summed E-state index contributed by atoms with van der Waals surface area (Å²) in [7, 11) is 0. The minimum atomic E-state index is -2.81. The molecule has 3 N–H and O–H groups in total. The summed E-state index contributed by atoms with van der Waals surface area (Å²) in [6, 6.07) is 14.4. The van der Waals surface area contributed by atoms with Gasteiger partial charge in [-0.25, -0.2) is 13.8 Å². The molecule has 2 amide bonds. The number of rotatable bonds is 7. The van der Waals surface area contributed by atoms with Crippen LogP contribution < -0.4 is 11.1 Å². The van der Waals surface area contributed by atoms with Crippen LogP contribution in [0.3, 0.4) is 0 Å². The summed E-state index contributed by atoms with van der Waals surface area (Å²) in [5.74, 6) is -1.83. The number of alkyl halides is 2. The standard InChI is InChI=1S/C30H27F2N5O3/c1-18-11-22(24-7-5-21(14-34-24)29(39)37-16-30(31,32)17-37)12-19(2)28(18)25-8-6-23(40-25)15-36-27(38)10-4-20-3-9-26(33)35-13-20/h3-14H,15-17H2,1-2H3,(H2,33,35)(H,36,38)/b10-4+. The number of nitrogens with two attached hydrogens (primary N) is 1. The van der Waals surface area contributed by atoms with Crippen molar-refractivity contribution in [1.82, 2.24) is 20.2 Å². The number of aryl methyl sites for hydroxylation is 2. The second-order valence-electron chi connectivity index (χ2n) is 9.77. The van der Waals surface area contributed by atoms with Gasteiger partial charge in [0.1, 0.15) is 17.3 Å². The number of benzene rings is 1. The van der Waals surface area contributed by atoms with Gasteiger partial charge in [0.25, 0.3) is 11.8 Å². The largest absolute Gasteiger partial charge is 0.459 e. The summed E-state index contributed by atoms with van der Waals surface area (Å²) in [6.45, 7) is 3.04. The van der Waals surface area contributed by atoms with Crippen LogP contribution in [-0.4, -0.2) is 45.7 Å². The molecular weight excluding hydrogens is 516 g/mol. The van der Waals surface area contributed by atoms with Gasteiger partial charge >= 0.3 is 0 Å². The highest BCUT2D eigenvalue weighted by atomic mass is 19.3. The van der Waals surface area contributed by atoms with E-state index >= 15 is 0 Å². The van der Waals surface area contributed by atoms with E-state index in [1.165, 1.54) is 12.3 Å². The Labute approximate surface area is 229 Å². The summed E-state index contributed by atoms with van der Waals surface area (Å²) in [4.78, 5) is 34.1. The molecule has 4 heterocycles. The number of nitrogens with zero attached hydrogens (tertiary/aromatic N) is 3. The van der Waals surface area contributed by atoms with Crippen LogP contribution in [0.25, 0.3) is 28.7 Å². The van der Waals surface area contributed by atoms with Gasteiger partial charge in [-0.15, -0.1) is 0 Å². The van der Waals surface area contributed by atoms with Gasteiger partial charge in [0.05, 0.1) is 30.9 Å². The van der Waals surface area contributed by atoms with E-state index in [1.54, 1.807) is 36.5 Å². The van der Waals surface area contributed by atoms with Gasteiger partial charge in [-0.2, -0.15) is 0 Å². The molecule has 1 saturated heterocycles. The number of hydrogen-bond acceptors (Lipinski definition) is 6. The number of hydrogen-bond donors (Lipinski definition) is 2. The summed E-state index contributed by atoms with van der Waals surface area (Å²) in [6.07, 6.45) is 6.07. The van der Waals surface area contributed by atoms with Gasteiger partial charge in [-0.1, -0.05) is 0 Å². The molecule has 10 heteroatoms. The molecule has 204 valence electrons. The summed E-state index contributed by atoms with van der Waals surface area (Å²) >= 11 is 0. The maximum atomic E-state index is 13.1. The summed E-state index contributed by atoms with van der Waals surface area (Å²) in [5, 5.41) is 2.80. The maximum absolute atomic E-state index is 13.1. The molecule has 4 aromatic rings. The van der Waals surface area contributed by atoms with Gasteiger partial charge in [-0.3, -0.25) is 14.6 Å². The number of carbonyl (C=O) groups is 2. The first kappa shape index (κ1) is 26.7. The van der Waals surface area contributed by atoms with Crippen molar-refractivity contribution in [3.63, 3.8) is 0 Å². The minimum Gasteiger partial charge on any atom is -0.459 e. The van der Waals surface area contributed by atoms with Gasteiger partial charge in [0.2, 0.25) is 5.91 Å². The molecule has 1 fully saturated rings. The molecule has 5 rings (SSSR count). The average molecular weight is 544 g/mol. The molecule has 1 aliphatic rings. The molecule has 0 spiro atoms. The Morgan fingerprint density at radius 1 is 1.05 bits per heavy atom. The molecular formula is C30H27F2N5O3. The molecule has 0 atom stereocenters. The highest BCUT2D eigenvalue weighted by Crippen LogP contribution is 2.33. The first-order chi connectivity index (χ1) is 19.1. The SMILES string of the molecule is Cc1cc(-c2ccc(C(=O)N3CC(F)(F)C3)cn2)cc(C)c1-c1ccc(CNC(=O)/C=C/c2ccc(N)nc2)o1. The van der Waals surface area contributed by atoms with Crippen LogP contribution in [0.5, 0.6) is 0 Å². The molecule has 40 heavy (non-hydrogen) atoms. The maximum Gasteiger partial charge on any atom is 0.282 e. The van der Waals surface area contributed by atoms with E-state index in [2.05, 4.69) is 15.3 Å². The van der Waals surface area contributed by atoms with Crippen molar-refractivity contribution in [3.05, 3.63) is 95.0 Å². The highest BCUT2D eigenvalue weighted by molar-refractivity contribution is 5.95. The lowest BCUT2D eigenvalue weighted by Crippen LogP contribution is -2.58. The third-order valence-electron chi connectivity index (χ3n) is 6.55. The molecule has 1 aromatic carbocycles.